The van der Waals surface area contributed by atoms with Crippen LogP contribution in [0.4, 0.5) is 105 Å². The van der Waals surface area contributed by atoms with E-state index in [2.05, 4.69) is 80.9 Å². The zero-order valence-corrected chi connectivity index (χ0v) is 40.2. The van der Waals surface area contributed by atoms with Gasteiger partial charge in [0.15, 0.2) is 0 Å². The van der Waals surface area contributed by atoms with Crippen molar-refractivity contribution < 1.29 is 110 Å². The predicted octanol–water partition coefficient (Wildman–Crippen LogP) is 20.3. The summed E-state index contributed by atoms with van der Waals surface area (Å²) >= 11 is 0. The third kappa shape index (κ3) is 62.4. The minimum absolute atomic E-state index is 0.188. The summed E-state index contributed by atoms with van der Waals surface area (Å²) in [5.41, 5.74) is 0.500. The van der Waals surface area contributed by atoms with E-state index < -0.39 is 74.1 Å². The fourth-order valence-corrected chi connectivity index (χ4v) is 1.73. The van der Waals surface area contributed by atoms with Gasteiger partial charge < -0.3 is 4.74 Å². The van der Waals surface area contributed by atoms with Gasteiger partial charge in [-0.15, -0.1) is 0 Å². The zero-order valence-electron chi connectivity index (χ0n) is 40.2. The minimum atomic E-state index is -6.77. The molecule has 0 rings (SSSR count). The van der Waals surface area contributed by atoms with Crippen LogP contribution in [0.15, 0.2) is 0 Å². The second kappa shape index (κ2) is 38.3. The summed E-state index contributed by atoms with van der Waals surface area (Å²) in [7, 11) is 3.25. The molecule has 25 heteroatoms. The summed E-state index contributed by atoms with van der Waals surface area (Å²) in [5.74, 6) is -33.5. The minimum Gasteiger partial charge on any atom is -0.388 e. The third-order valence-electron chi connectivity index (χ3n) is 4.41. The Balaban J connectivity index is -0.0000000666. The molecule has 0 atom stereocenters. The first-order chi connectivity index (χ1) is 27.5. The van der Waals surface area contributed by atoms with Crippen molar-refractivity contribution in [3.05, 3.63) is 0 Å². The van der Waals surface area contributed by atoms with Crippen molar-refractivity contribution in [1.82, 2.24) is 0 Å². The largest absolute Gasteiger partial charge is 0.460 e. The monoisotopic (exact) mass is 1010 g/mol. The van der Waals surface area contributed by atoms with E-state index in [-0.39, 0.29) is 13.8 Å². The van der Waals surface area contributed by atoms with Crippen LogP contribution in [-0.2, 0) is 4.74 Å². The van der Waals surface area contributed by atoms with E-state index in [1.165, 1.54) is 51.4 Å². The van der Waals surface area contributed by atoms with Crippen molar-refractivity contribution in [3.63, 3.8) is 0 Å². The number of unbranched alkanes of at least 4 members (excludes halogenated alkanes) is 6. The van der Waals surface area contributed by atoms with Crippen molar-refractivity contribution in [2.24, 2.45) is 11.3 Å². The van der Waals surface area contributed by atoms with Gasteiger partial charge in [-0.1, -0.05) is 141 Å². The quantitative estimate of drug-likeness (QED) is 0.165. The molecule has 0 radical (unpaired) electrons. The van der Waals surface area contributed by atoms with E-state index in [0.717, 1.165) is 5.92 Å². The molecule has 0 heterocycles. The number of ether oxygens (including phenoxy) is 1. The molecule has 0 N–H and O–H groups in total. The van der Waals surface area contributed by atoms with Crippen LogP contribution in [0.25, 0.3) is 0 Å². The van der Waals surface area contributed by atoms with Gasteiger partial charge in [-0.3, -0.25) is 0 Å². The molecule has 0 amide bonds. The normalized spacial score (nSPS) is 12.4. The highest BCUT2D eigenvalue weighted by atomic mass is 19.4. The Morgan fingerprint density at radius 1 is 0.344 bits per heavy atom. The summed E-state index contributed by atoms with van der Waals surface area (Å²) in [4.78, 5) is 0. The first kappa shape index (κ1) is 85.6. The van der Waals surface area contributed by atoms with E-state index in [9.17, 15) is 105 Å². The summed E-state index contributed by atoms with van der Waals surface area (Å²) in [6.07, 6.45) is -11.1. The van der Waals surface area contributed by atoms with E-state index in [4.69, 9.17) is 0 Å². The maximum atomic E-state index is 12.0. The topological polar surface area (TPSA) is 9.23 Å². The lowest BCUT2D eigenvalue weighted by molar-refractivity contribution is -0.393. The lowest BCUT2D eigenvalue weighted by Gasteiger charge is -2.31. The Bertz CT molecular complexity index is 872. The van der Waals surface area contributed by atoms with Crippen LogP contribution in [0.1, 0.15) is 169 Å². The number of methoxy groups -OCH3 is 1. The highest BCUT2D eigenvalue weighted by Crippen LogP contribution is 2.52. The van der Waals surface area contributed by atoms with Gasteiger partial charge in [0.05, 0.1) is 0 Å². The van der Waals surface area contributed by atoms with Gasteiger partial charge in [0.2, 0.25) is 0 Å². The third-order valence-corrected chi connectivity index (χ3v) is 4.41. The van der Waals surface area contributed by atoms with Gasteiger partial charge in [0, 0.05) is 41.9 Å². The maximum absolute atomic E-state index is 12.0. The summed E-state index contributed by atoms with van der Waals surface area (Å²) in [6, 6.07) is 0. The molecule has 64 heavy (non-hydrogen) atoms. The first-order valence-corrected chi connectivity index (χ1v) is 19.4. The molecule has 0 aliphatic carbocycles. The molecular formula is C39H74F24O. The fourth-order valence-electron chi connectivity index (χ4n) is 1.73. The summed E-state index contributed by atoms with van der Waals surface area (Å²) < 4.78 is 275. The number of hydrogen-bond acceptors (Lipinski definition) is 1. The van der Waals surface area contributed by atoms with Crippen LogP contribution in [0.5, 0.6) is 0 Å². The van der Waals surface area contributed by atoms with Gasteiger partial charge in [-0.25, -0.2) is 0 Å². The van der Waals surface area contributed by atoms with E-state index in [0.29, 0.717) is 5.41 Å². The van der Waals surface area contributed by atoms with Crippen LogP contribution >= 0.6 is 0 Å². The summed E-state index contributed by atoms with van der Waals surface area (Å²) in [6.45, 7) is 26.8. The van der Waals surface area contributed by atoms with Crippen LogP contribution < -0.4 is 0 Å². The lowest BCUT2D eigenvalue weighted by atomic mass is 10.0. The molecule has 0 aromatic heterocycles. The molecule has 0 aromatic carbocycles. The van der Waals surface area contributed by atoms with Crippen molar-refractivity contribution in [2.75, 3.05) is 14.2 Å². The summed E-state index contributed by atoms with van der Waals surface area (Å²) in [5, 5.41) is 0. The molecule has 404 valence electrons. The van der Waals surface area contributed by atoms with E-state index in [1.807, 2.05) is 13.8 Å². The average molecular weight is 1010 g/mol. The molecule has 0 aliphatic rings. The molecule has 0 spiro atoms. The van der Waals surface area contributed by atoms with E-state index in [1.54, 1.807) is 14.2 Å². The first-order valence-electron chi connectivity index (χ1n) is 19.4. The molecule has 0 bridgehead atoms. The molecule has 0 saturated heterocycles. The van der Waals surface area contributed by atoms with Crippen molar-refractivity contribution >= 4 is 0 Å². The average Bonchev–Trinajstić information content (AvgIpc) is 2.99. The molecule has 0 fully saturated rings. The van der Waals surface area contributed by atoms with Crippen LogP contribution in [0.3, 0.4) is 0 Å². The van der Waals surface area contributed by atoms with Gasteiger partial charge >= 0.3 is 60.2 Å². The Labute approximate surface area is 365 Å². The Kier molecular flexibility index (Phi) is 51.2. The van der Waals surface area contributed by atoms with Crippen molar-refractivity contribution in [1.29, 1.82) is 0 Å². The van der Waals surface area contributed by atoms with Gasteiger partial charge in [0.25, 0.3) is 0 Å². The number of alkyl halides is 24. The van der Waals surface area contributed by atoms with Gasteiger partial charge in [-0.05, 0) is 11.3 Å². The van der Waals surface area contributed by atoms with Crippen LogP contribution in [0, 0.1) is 11.3 Å². The molecule has 0 unspecified atom stereocenters. The van der Waals surface area contributed by atoms with Crippen LogP contribution in [-0.4, -0.2) is 74.5 Å². The van der Waals surface area contributed by atoms with Gasteiger partial charge in [0.1, 0.15) is 0 Å². The van der Waals surface area contributed by atoms with E-state index >= 15 is 0 Å². The lowest BCUT2D eigenvalue weighted by Crippen LogP contribution is -2.59. The second-order valence-electron chi connectivity index (χ2n) is 15.3. The molecular weight excluding hydrogens is 940 g/mol. The Hall–Kier alpha value is -1.72. The SMILES string of the molecule is CC.CC(C)(C)C.CC(C)C.CC(F)(F)C(F)(F)C(F)(F)C(F)(F)F.CC(F)(F)C(F)(F)C(F)(F)F.CC(F)(F)C(F)(F)F.CC(F)(F)F.CCC.CCCCCCCCC.COC. The molecule has 1 nitrogen and oxygen atoms in total. The number of hydrogen-bond donors (Lipinski definition) is 0. The number of halogens is 24. The van der Waals surface area contributed by atoms with Crippen molar-refractivity contribution in [2.45, 2.75) is 229 Å². The van der Waals surface area contributed by atoms with Crippen LogP contribution in [0.2, 0.25) is 0 Å². The highest BCUT2D eigenvalue weighted by Gasteiger charge is 2.80. The zero-order chi connectivity index (χ0) is 55.4. The smallest absolute Gasteiger partial charge is 0.388 e. The number of rotatable bonds is 9. The Morgan fingerprint density at radius 2 is 0.484 bits per heavy atom. The molecule has 0 aromatic rings. The van der Waals surface area contributed by atoms with Crippen molar-refractivity contribution in [3.8, 4) is 0 Å². The maximum Gasteiger partial charge on any atom is 0.460 e. The predicted molar refractivity (Wildman–Crippen MR) is 206 cm³/mol. The fraction of sp³-hybridized carbons (Fsp3) is 1.00. The second-order valence-corrected chi connectivity index (χ2v) is 15.3. The Morgan fingerprint density at radius 3 is 0.547 bits per heavy atom. The standard InChI is InChI=1S/C9H20.C5H3F9.C5H12.C4H3F7.C4H10.C3H3F5.C3H8.C2H3F3.C2H6O.C2H6/c1-3-5-7-9-8-6-4-2;1-2(6,7)3(8,9)4(10,11)5(12,13)14;1-5(2,3)4;1-2(5,6)3(7,8)4(9,10)11;1-4(2)3;1-2(4,5)3(6,7)8;1-3-2;1-2(3,4)5;1-3-2;1-2/h3-9H2,1-2H3;1H3;1-4H3;1H3;4H,1-3H3;1H3;3H2,1-2H3;1H3;1-2H3;1-2H3. The molecule has 0 aliphatic heterocycles. The molecule has 0 saturated carbocycles. The highest BCUT2D eigenvalue weighted by molar-refractivity contribution is 4.98. The van der Waals surface area contributed by atoms with Gasteiger partial charge in [-0.2, -0.15) is 105 Å².